The number of alkyl halides is 3. The van der Waals surface area contributed by atoms with Gasteiger partial charge in [0.05, 0.1) is 11.9 Å². The van der Waals surface area contributed by atoms with Crippen molar-refractivity contribution in [3.05, 3.63) is 47.5 Å². The number of anilines is 1. The largest absolute Gasteiger partial charge is 0.416 e. The molecule has 8 heteroatoms. The molecule has 0 aliphatic rings. The molecular formula is C13H10F3N5. The number of nitrogens with zero attached hydrogens (tertiary/aromatic N) is 3. The van der Waals surface area contributed by atoms with E-state index in [0.717, 1.165) is 12.1 Å². The summed E-state index contributed by atoms with van der Waals surface area (Å²) in [5.41, 5.74) is 6.73. The number of H-pyrrole nitrogens is 1. The number of fused-ring (bicyclic) bond motifs is 1. The lowest BCUT2D eigenvalue weighted by Gasteiger charge is -2.07. The Morgan fingerprint density at radius 3 is 2.48 bits per heavy atom. The molecule has 3 N–H and O–H groups in total. The summed E-state index contributed by atoms with van der Waals surface area (Å²) in [5, 5.41) is 0. The van der Waals surface area contributed by atoms with Crippen molar-refractivity contribution in [2.75, 3.05) is 5.73 Å². The Labute approximate surface area is 117 Å². The average Bonchev–Trinajstić information content (AvgIpc) is 2.87. The number of aromatic amines is 1. The Hall–Kier alpha value is -2.64. The predicted octanol–water partition coefficient (Wildman–Crippen LogP) is 2.54. The van der Waals surface area contributed by atoms with E-state index in [1.54, 1.807) is 0 Å². The molecule has 2 heterocycles. The van der Waals surface area contributed by atoms with Crippen molar-refractivity contribution in [3.8, 4) is 0 Å². The van der Waals surface area contributed by atoms with Crippen LogP contribution in [0.15, 0.2) is 30.6 Å². The van der Waals surface area contributed by atoms with Crippen LogP contribution in [0.2, 0.25) is 0 Å². The molecule has 0 bridgehead atoms. The van der Waals surface area contributed by atoms with Gasteiger partial charge in [0, 0.05) is 6.42 Å². The highest BCUT2D eigenvalue weighted by atomic mass is 19.4. The van der Waals surface area contributed by atoms with Crippen LogP contribution in [0.5, 0.6) is 0 Å². The molecule has 0 aliphatic carbocycles. The normalized spacial score (nSPS) is 12.0. The van der Waals surface area contributed by atoms with Crippen molar-refractivity contribution in [3.63, 3.8) is 0 Å². The lowest BCUT2D eigenvalue weighted by molar-refractivity contribution is -0.137. The topological polar surface area (TPSA) is 80.5 Å². The van der Waals surface area contributed by atoms with Gasteiger partial charge in [0.1, 0.15) is 11.3 Å². The molecule has 0 amide bonds. The van der Waals surface area contributed by atoms with Crippen LogP contribution in [0.25, 0.3) is 11.2 Å². The molecule has 0 aliphatic heterocycles. The Morgan fingerprint density at radius 2 is 1.81 bits per heavy atom. The molecule has 3 rings (SSSR count). The average molecular weight is 293 g/mol. The second kappa shape index (κ2) is 4.72. The van der Waals surface area contributed by atoms with Gasteiger partial charge in [-0.2, -0.15) is 13.2 Å². The summed E-state index contributed by atoms with van der Waals surface area (Å²) in [6.07, 6.45) is -2.60. The quantitative estimate of drug-likeness (QED) is 0.761. The third kappa shape index (κ3) is 2.64. The molecule has 108 valence electrons. The van der Waals surface area contributed by atoms with Crippen LogP contribution in [-0.4, -0.2) is 19.9 Å². The number of rotatable bonds is 2. The molecule has 5 nitrogen and oxygen atoms in total. The van der Waals surface area contributed by atoms with Gasteiger partial charge in [0.2, 0.25) is 0 Å². The number of nitrogens with one attached hydrogen (secondary N) is 1. The molecule has 2 aromatic heterocycles. The van der Waals surface area contributed by atoms with Crippen molar-refractivity contribution < 1.29 is 13.2 Å². The Kier molecular flexibility index (Phi) is 3.00. The summed E-state index contributed by atoms with van der Waals surface area (Å²) in [6.45, 7) is 0. The smallest absolute Gasteiger partial charge is 0.382 e. The first-order valence-electron chi connectivity index (χ1n) is 6.05. The second-order valence-electron chi connectivity index (χ2n) is 4.50. The van der Waals surface area contributed by atoms with Gasteiger partial charge in [-0.1, -0.05) is 12.1 Å². The van der Waals surface area contributed by atoms with Crippen LogP contribution in [0.1, 0.15) is 17.0 Å². The monoisotopic (exact) mass is 293 g/mol. The van der Waals surface area contributed by atoms with Gasteiger partial charge in [0.25, 0.3) is 0 Å². The number of nitrogens with two attached hydrogens (primary N) is 1. The molecule has 0 atom stereocenters. The number of hydrogen-bond donors (Lipinski definition) is 2. The number of hydrogen-bond acceptors (Lipinski definition) is 4. The van der Waals surface area contributed by atoms with E-state index in [1.165, 1.54) is 18.5 Å². The van der Waals surface area contributed by atoms with E-state index >= 15 is 0 Å². The minimum Gasteiger partial charge on any atom is -0.382 e. The molecule has 3 aromatic rings. The van der Waals surface area contributed by atoms with Crippen LogP contribution in [0.3, 0.4) is 0 Å². The van der Waals surface area contributed by atoms with Gasteiger partial charge < -0.3 is 10.7 Å². The van der Waals surface area contributed by atoms with Gasteiger partial charge in [-0.25, -0.2) is 15.0 Å². The zero-order valence-corrected chi connectivity index (χ0v) is 10.6. The lowest BCUT2D eigenvalue weighted by atomic mass is 10.1. The molecular weight excluding hydrogens is 283 g/mol. The Balaban J connectivity index is 1.88. The third-order valence-corrected chi connectivity index (χ3v) is 3.00. The summed E-state index contributed by atoms with van der Waals surface area (Å²) in [7, 11) is 0. The first kappa shape index (κ1) is 13.3. The molecule has 0 unspecified atom stereocenters. The highest BCUT2D eigenvalue weighted by molar-refractivity contribution is 5.80. The summed E-state index contributed by atoms with van der Waals surface area (Å²) in [6, 6.07) is 4.87. The predicted molar refractivity (Wildman–Crippen MR) is 70.3 cm³/mol. The third-order valence-electron chi connectivity index (χ3n) is 3.00. The second-order valence-corrected chi connectivity index (χ2v) is 4.50. The summed E-state index contributed by atoms with van der Waals surface area (Å²) >= 11 is 0. The van der Waals surface area contributed by atoms with Gasteiger partial charge in [-0.05, 0) is 17.7 Å². The minimum atomic E-state index is -4.34. The molecule has 0 saturated carbocycles. The fourth-order valence-corrected chi connectivity index (χ4v) is 1.98. The maximum atomic E-state index is 12.5. The van der Waals surface area contributed by atoms with Crippen LogP contribution in [0, 0.1) is 0 Å². The summed E-state index contributed by atoms with van der Waals surface area (Å²) < 4.78 is 37.5. The molecule has 0 spiro atoms. The highest BCUT2D eigenvalue weighted by Gasteiger charge is 2.29. The molecule has 21 heavy (non-hydrogen) atoms. The number of nitrogen functional groups attached to an aromatic ring is 1. The Morgan fingerprint density at radius 1 is 1.10 bits per heavy atom. The molecule has 0 fully saturated rings. The number of aromatic nitrogens is 4. The summed E-state index contributed by atoms with van der Waals surface area (Å²) in [5.74, 6) is 0.672. The number of halogens is 3. The van der Waals surface area contributed by atoms with Crippen molar-refractivity contribution in [1.29, 1.82) is 0 Å². The van der Waals surface area contributed by atoms with Crippen LogP contribution >= 0.6 is 0 Å². The van der Waals surface area contributed by atoms with E-state index in [0.29, 0.717) is 22.6 Å². The molecule has 0 radical (unpaired) electrons. The van der Waals surface area contributed by atoms with E-state index in [2.05, 4.69) is 19.9 Å². The van der Waals surface area contributed by atoms with Crippen LogP contribution in [-0.2, 0) is 12.6 Å². The first-order valence-corrected chi connectivity index (χ1v) is 6.05. The van der Waals surface area contributed by atoms with E-state index in [9.17, 15) is 13.2 Å². The first-order chi connectivity index (χ1) is 9.93. The van der Waals surface area contributed by atoms with Crippen LogP contribution in [0.4, 0.5) is 19.0 Å². The van der Waals surface area contributed by atoms with Gasteiger partial charge in [-0.15, -0.1) is 0 Å². The van der Waals surface area contributed by atoms with Gasteiger partial charge in [-0.3, -0.25) is 0 Å². The zero-order valence-electron chi connectivity index (χ0n) is 10.6. The lowest BCUT2D eigenvalue weighted by Crippen LogP contribution is -2.05. The SMILES string of the molecule is Nc1nc(Cc2ccc(C(F)(F)F)cc2)nc2nc[nH]c12. The number of imidazole rings is 1. The standard InChI is InChI=1S/C13H10F3N5/c14-13(15,16)8-3-1-7(2-4-8)5-9-20-11(17)10-12(21-9)19-6-18-10/h1-4,6H,5H2,(H3,17,18,19,20,21). The maximum absolute atomic E-state index is 12.5. The van der Waals surface area contributed by atoms with E-state index in [4.69, 9.17) is 5.73 Å². The van der Waals surface area contributed by atoms with E-state index in [1.807, 2.05) is 0 Å². The van der Waals surface area contributed by atoms with Crippen molar-refractivity contribution in [2.45, 2.75) is 12.6 Å². The fourth-order valence-electron chi connectivity index (χ4n) is 1.98. The summed E-state index contributed by atoms with van der Waals surface area (Å²) in [4.78, 5) is 15.1. The minimum absolute atomic E-state index is 0.263. The van der Waals surface area contributed by atoms with E-state index in [-0.39, 0.29) is 12.2 Å². The van der Waals surface area contributed by atoms with Crippen LogP contribution < -0.4 is 5.73 Å². The van der Waals surface area contributed by atoms with Crippen molar-refractivity contribution in [1.82, 2.24) is 19.9 Å². The zero-order chi connectivity index (χ0) is 15.0. The highest BCUT2D eigenvalue weighted by Crippen LogP contribution is 2.29. The van der Waals surface area contributed by atoms with Crippen molar-refractivity contribution >= 4 is 17.0 Å². The maximum Gasteiger partial charge on any atom is 0.416 e. The fraction of sp³-hybridized carbons (Fsp3) is 0.154. The molecule has 0 saturated heterocycles. The van der Waals surface area contributed by atoms with Crippen molar-refractivity contribution in [2.24, 2.45) is 0 Å². The van der Waals surface area contributed by atoms with E-state index < -0.39 is 11.7 Å². The Bertz CT molecular complexity index is 777. The van der Waals surface area contributed by atoms with Gasteiger partial charge >= 0.3 is 6.18 Å². The number of benzene rings is 1. The van der Waals surface area contributed by atoms with Gasteiger partial charge in [0.15, 0.2) is 11.5 Å². The molecule has 1 aromatic carbocycles.